The van der Waals surface area contributed by atoms with Crippen molar-refractivity contribution in [2.24, 2.45) is 0 Å². The minimum Gasteiger partial charge on any atom is -0.352 e. The van der Waals surface area contributed by atoms with Gasteiger partial charge in [-0.25, -0.2) is 8.42 Å². The molecule has 0 aliphatic rings. The number of hydrogen-bond acceptors (Lipinski definition) is 4. The maximum atomic E-state index is 14.1. The number of sulfonamides is 1. The van der Waals surface area contributed by atoms with E-state index in [0.29, 0.717) is 28.4 Å². The Bertz CT molecular complexity index is 1590. The number of carbonyl (C=O) groups excluding carboxylic acids is 2. The van der Waals surface area contributed by atoms with Gasteiger partial charge in [0.15, 0.2) is 0 Å². The Kier molecular flexibility index (Phi) is 12.0. The fourth-order valence-corrected chi connectivity index (χ4v) is 6.34. The first-order valence-electron chi connectivity index (χ1n) is 13.6. The van der Waals surface area contributed by atoms with Crippen molar-refractivity contribution >= 4 is 62.3 Å². The maximum absolute atomic E-state index is 14.1. The lowest BCUT2D eigenvalue weighted by atomic mass is 10.1. The highest BCUT2D eigenvalue weighted by Crippen LogP contribution is 2.37. The molecule has 3 aromatic carbocycles. The third-order valence-corrected chi connectivity index (χ3v) is 9.71. The minimum atomic E-state index is -4.83. The minimum absolute atomic E-state index is 0.144. The number of carbonyl (C=O) groups is 2. The highest BCUT2D eigenvalue weighted by molar-refractivity contribution is 7.92. The average Bonchev–Trinajstić information content (AvgIpc) is 2.97. The predicted octanol–water partition coefficient (Wildman–Crippen LogP) is 7.58. The zero-order chi connectivity index (χ0) is 32.8. The molecule has 0 bridgehead atoms. The molecule has 0 saturated carbocycles. The largest absolute Gasteiger partial charge is 0.416 e. The van der Waals surface area contributed by atoms with Crippen LogP contribution in [0.5, 0.6) is 0 Å². The van der Waals surface area contributed by atoms with E-state index in [0.717, 1.165) is 6.07 Å². The SMILES string of the molecule is CCC(C)NC(=O)C(CC)N(Cc1ccc(Cl)c(Cl)c1)C(=O)CN(c1cc(C(F)(F)F)ccc1Cl)S(=O)(=O)c1ccccc1. The first-order chi connectivity index (χ1) is 20.6. The third kappa shape index (κ3) is 8.59. The Labute approximate surface area is 269 Å². The molecule has 3 rings (SSSR count). The average molecular weight is 693 g/mol. The van der Waals surface area contributed by atoms with Crippen LogP contribution >= 0.6 is 34.8 Å². The summed E-state index contributed by atoms with van der Waals surface area (Å²) in [5.74, 6) is -1.35. The van der Waals surface area contributed by atoms with Gasteiger partial charge in [0, 0.05) is 12.6 Å². The summed E-state index contributed by atoms with van der Waals surface area (Å²) in [5.41, 5.74) is -1.23. The zero-order valence-electron chi connectivity index (χ0n) is 24.0. The van der Waals surface area contributed by atoms with Gasteiger partial charge in [0.25, 0.3) is 10.0 Å². The van der Waals surface area contributed by atoms with E-state index in [2.05, 4.69) is 5.32 Å². The summed E-state index contributed by atoms with van der Waals surface area (Å²) in [6, 6.07) is 12.4. The topological polar surface area (TPSA) is 86.8 Å². The molecule has 1 N–H and O–H groups in total. The molecular weight excluding hydrogens is 662 g/mol. The van der Waals surface area contributed by atoms with Gasteiger partial charge in [0.05, 0.1) is 31.2 Å². The number of nitrogens with one attached hydrogen (secondary N) is 1. The number of halogens is 6. The number of hydrogen-bond donors (Lipinski definition) is 1. The van der Waals surface area contributed by atoms with Gasteiger partial charge in [0.2, 0.25) is 11.8 Å². The van der Waals surface area contributed by atoms with Crippen LogP contribution < -0.4 is 9.62 Å². The van der Waals surface area contributed by atoms with Crippen LogP contribution in [0.25, 0.3) is 0 Å². The van der Waals surface area contributed by atoms with Gasteiger partial charge in [-0.15, -0.1) is 0 Å². The standard InChI is InChI=1S/C30H31Cl3F3N3O4S/c1-4-19(3)37-29(41)26(5-2)38(17-20-11-13-23(31)25(33)15-20)28(40)18-39(44(42,43)22-9-7-6-8-10-22)27-16-21(30(34,35)36)12-14-24(27)32/h6-16,19,26H,4-5,17-18H2,1-3H3,(H,37,41). The van der Waals surface area contributed by atoms with Gasteiger partial charge < -0.3 is 10.2 Å². The summed E-state index contributed by atoms with van der Waals surface area (Å²) in [4.78, 5) is 28.4. The summed E-state index contributed by atoms with van der Waals surface area (Å²) >= 11 is 18.5. The Morgan fingerprint density at radius 3 is 2.09 bits per heavy atom. The number of amides is 2. The van der Waals surface area contributed by atoms with Gasteiger partial charge in [-0.1, -0.05) is 72.9 Å². The molecule has 0 heterocycles. The van der Waals surface area contributed by atoms with E-state index in [1.165, 1.54) is 41.3 Å². The molecule has 14 heteroatoms. The van der Waals surface area contributed by atoms with Crippen LogP contribution in [0, 0.1) is 0 Å². The van der Waals surface area contributed by atoms with E-state index in [1.54, 1.807) is 26.0 Å². The highest BCUT2D eigenvalue weighted by Gasteiger charge is 2.37. The monoisotopic (exact) mass is 691 g/mol. The van der Waals surface area contributed by atoms with E-state index < -0.39 is 51.9 Å². The van der Waals surface area contributed by atoms with Crippen LogP contribution in [0.4, 0.5) is 18.9 Å². The van der Waals surface area contributed by atoms with Crippen LogP contribution in [0.1, 0.15) is 44.7 Å². The molecule has 2 atom stereocenters. The van der Waals surface area contributed by atoms with Crippen LogP contribution in [0.15, 0.2) is 71.6 Å². The van der Waals surface area contributed by atoms with E-state index in [1.807, 2.05) is 6.92 Å². The van der Waals surface area contributed by atoms with Crippen LogP contribution in [0.2, 0.25) is 15.1 Å². The molecular formula is C30H31Cl3F3N3O4S. The molecule has 0 radical (unpaired) electrons. The molecule has 7 nitrogen and oxygen atoms in total. The lowest BCUT2D eigenvalue weighted by molar-refractivity contribution is -0.140. The second kappa shape index (κ2) is 14.9. The molecule has 0 aromatic heterocycles. The second-order valence-electron chi connectivity index (χ2n) is 10.0. The molecule has 0 saturated heterocycles. The zero-order valence-corrected chi connectivity index (χ0v) is 27.1. The molecule has 0 aliphatic heterocycles. The normalized spacial score (nSPS) is 13.2. The quantitative estimate of drug-likeness (QED) is 0.212. The summed E-state index contributed by atoms with van der Waals surface area (Å²) < 4.78 is 69.4. The predicted molar refractivity (Wildman–Crippen MR) is 166 cm³/mol. The second-order valence-corrected chi connectivity index (χ2v) is 13.1. The van der Waals surface area contributed by atoms with Crippen molar-refractivity contribution < 1.29 is 31.2 Å². The highest BCUT2D eigenvalue weighted by atomic mass is 35.5. The van der Waals surface area contributed by atoms with E-state index in [4.69, 9.17) is 34.8 Å². The number of anilines is 1. The van der Waals surface area contributed by atoms with Crippen molar-refractivity contribution in [3.63, 3.8) is 0 Å². The lowest BCUT2D eigenvalue weighted by Gasteiger charge is -2.34. The van der Waals surface area contributed by atoms with Crippen molar-refractivity contribution in [2.75, 3.05) is 10.8 Å². The third-order valence-electron chi connectivity index (χ3n) is 6.88. The summed E-state index contributed by atoms with van der Waals surface area (Å²) in [6.07, 6.45) is -4.07. The van der Waals surface area contributed by atoms with Crippen LogP contribution in [-0.2, 0) is 32.3 Å². The molecule has 0 spiro atoms. The first kappa shape index (κ1) is 35.5. The molecule has 2 unspecified atom stereocenters. The smallest absolute Gasteiger partial charge is 0.352 e. The Hall–Kier alpha value is -2.99. The van der Waals surface area contributed by atoms with Crippen molar-refractivity contribution in [1.82, 2.24) is 10.2 Å². The fraction of sp³-hybridized carbons (Fsp3) is 0.333. The molecule has 2 amide bonds. The number of rotatable bonds is 12. The maximum Gasteiger partial charge on any atom is 0.416 e. The van der Waals surface area contributed by atoms with Crippen molar-refractivity contribution in [3.8, 4) is 0 Å². The fourth-order valence-electron chi connectivity index (χ4n) is 4.31. The molecule has 3 aromatic rings. The lowest BCUT2D eigenvalue weighted by Crippen LogP contribution is -2.53. The molecule has 238 valence electrons. The summed E-state index contributed by atoms with van der Waals surface area (Å²) in [7, 11) is -4.63. The van der Waals surface area contributed by atoms with Gasteiger partial charge in [-0.3, -0.25) is 13.9 Å². The molecule has 0 aliphatic carbocycles. The van der Waals surface area contributed by atoms with Gasteiger partial charge in [-0.2, -0.15) is 13.2 Å². The van der Waals surface area contributed by atoms with Crippen molar-refractivity contribution in [3.05, 3.63) is 92.9 Å². The van der Waals surface area contributed by atoms with Gasteiger partial charge >= 0.3 is 6.18 Å². The Morgan fingerprint density at radius 2 is 1.52 bits per heavy atom. The van der Waals surface area contributed by atoms with Crippen molar-refractivity contribution in [1.29, 1.82) is 0 Å². The van der Waals surface area contributed by atoms with Gasteiger partial charge in [-0.05, 0) is 67.8 Å². The Balaban J connectivity index is 2.17. The molecule has 0 fully saturated rings. The summed E-state index contributed by atoms with van der Waals surface area (Å²) in [6.45, 7) is 4.19. The number of benzene rings is 3. The number of alkyl halides is 3. The first-order valence-corrected chi connectivity index (χ1v) is 16.2. The van der Waals surface area contributed by atoms with E-state index in [-0.39, 0.29) is 39.0 Å². The molecule has 44 heavy (non-hydrogen) atoms. The van der Waals surface area contributed by atoms with Crippen molar-refractivity contribution in [2.45, 2.75) is 63.3 Å². The van der Waals surface area contributed by atoms with E-state index in [9.17, 15) is 31.2 Å². The Morgan fingerprint density at radius 1 is 0.886 bits per heavy atom. The van der Waals surface area contributed by atoms with Gasteiger partial charge in [0.1, 0.15) is 12.6 Å². The van der Waals surface area contributed by atoms with Crippen LogP contribution in [0.3, 0.4) is 0 Å². The number of nitrogens with zero attached hydrogens (tertiary/aromatic N) is 2. The van der Waals surface area contributed by atoms with E-state index >= 15 is 0 Å². The summed E-state index contributed by atoms with van der Waals surface area (Å²) in [5, 5.41) is 2.96. The van der Waals surface area contributed by atoms with Crippen LogP contribution in [-0.4, -0.2) is 43.8 Å².